The largest absolute Gasteiger partial charge is 0.466 e. The molecule has 1 N–H and O–H groups in total. The van der Waals surface area contributed by atoms with Crippen LogP contribution >= 0.6 is 0 Å². The summed E-state index contributed by atoms with van der Waals surface area (Å²) < 4.78 is 22.7. The van der Waals surface area contributed by atoms with Crippen molar-refractivity contribution in [2.45, 2.75) is 38.7 Å². The van der Waals surface area contributed by atoms with Crippen LogP contribution in [0.4, 0.5) is 4.39 Å². The van der Waals surface area contributed by atoms with Gasteiger partial charge in [0.15, 0.2) is 5.78 Å². The first-order valence-electron chi connectivity index (χ1n) is 7.03. The molecular formula is C14H21FO6. The molecule has 1 aliphatic rings. The summed E-state index contributed by atoms with van der Waals surface area (Å²) in [6.45, 7) is 2.33. The number of ether oxygens (including phenoxy) is 2. The molecule has 0 aromatic carbocycles. The number of ketones is 1. The minimum atomic E-state index is -1.80. The lowest BCUT2D eigenvalue weighted by atomic mass is 9.69. The standard InChI is InChI=1S/C14H21FO6/c1-3-20-11(16)7-14(19)6-5-9(13(18)21-4-2)12(17)10(14)8-15/h9-10,19H,3-8H2,1-2H3. The van der Waals surface area contributed by atoms with Crippen LogP contribution in [0, 0.1) is 11.8 Å². The lowest BCUT2D eigenvalue weighted by Gasteiger charge is -2.39. The highest BCUT2D eigenvalue weighted by molar-refractivity contribution is 6.01. The summed E-state index contributed by atoms with van der Waals surface area (Å²) in [4.78, 5) is 35.3. The van der Waals surface area contributed by atoms with Gasteiger partial charge in [-0.2, -0.15) is 0 Å². The highest BCUT2D eigenvalue weighted by atomic mass is 19.1. The van der Waals surface area contributed by atoms with Crippen LogP contribution in [-0.2, 0) is 23.9 Å². The van der Waals surface area contributed by atoms with Crippen LogP contribution in [0.2, 0.25) is 0 Å². The summed E-state index contributed by atoms with van der Waals surface area (Å²) in [7, 11) is 0. The quantitative estimate of drug-likeness (QED) is 0.576. The molecular weight excluding hydrogens is 283 g/mol. The molecule has 0 bridgehead atoms. The van der Waals surface area contributed by atoms with Gasteiger partial charge in [0.1, 0.15) is 12.6 Å². The number of rotatable bonds is 6. The van der Waals surface area contributed by atoms with E-state index in [1.54, 1.807) is 13.8 Å². The first-order chi connectivity index (χ1) is 9.89. The zero-order valence-electron chi connectivity index (χ0n) is 12.3. The van der Waals surface area contributed by atoms with Crippen LogP contribution < -0.4 is 0 Å². The average molecular weight is 304 g/mol. The van der Waals surface area contributed by atoms with Crippen LogP contribution in [0.15, 0.2) is 0 Å². The van der Waals surface area contributed by atoms with E-state index in [1.807, 2.05) is 0 Å². The number of carbonyl (C=O) groups excluding carboxylic acids is 3. The van der Waals surface area contributed by atoms with Gasteiger partial charge in [-0.1, -0.05) is 0 Å². The monoisotopic (exact) mass is 304 g/mol. The second-order valence-corrected chi connectivity index (χ2v) is 5.04. The molecule has 7 heteroatoms. The average Bonchev–Trinajstić information content (AvgIpc) is 2.39. The van der Waals surface area contributed by atoms with E-state index in [0.717, 1.165) is 0 Å². The third kappa shape index (κ3) is 4.00. The molecule has 0 spiro atoms. The summed E-state index contributed by atoms with van der Waals surface area (Å²) in [6, 6.07) is 0. The van der Waals surface area contributed by atoms with Gasteiger partial charge in [-0.15, -0.1) is 0 Å². The van der Waals surface area contributed by atoms with E-state index in [0.29, 0.717) is 0 Å². The van der Waals surface area contributed by atoms with Gasteiger partial charge in [0.05, 0.1) is 31.2 Å². The SMILES string of the molecule is CCOC(=O)CC1(O)CCC(C(=O)OCC)C(=O)C1CF. The lowest BCUT2D eigenvalue weighted by molar-refractivity contribution is -0.166. The number of alkyl halides is 1. The smallest absolute Gasteiger partial charge is 0.316 e. The summed E-state index contributed by atoms with van der Waals surface area (Å²) in [5, 5.41) is 10.4. The molecule has 3 unspecified atom stereocenters. The molecule has 1 rings (SSSR count). The second kappa shape index (κ2) is 7.49. The van der Waals surface area contributed by atoms with Crippen molar-refractivity contribution in [1.29, 1.82) is 0 Å². The fourth-order valence-corrected chi connectivity index (χ4v) is 2.59. The van der Waals surface area contributed by atoms with Gasteiger partial charge in [-0.3, -0.25) is 18.8 Å². The molecule has 6 nitrogen and oxygen atoms in total. The molecule has 0 aliphatic heterocycles. The number of esters is 2. The summed E-state index contributed by atoms with van der Waals surface area (Å²) in [5.74, 6) is -4.60. The van der Waals surface area contributed by atoms with Crippen LogP contribution in [-0.4, -0.2) is 48.3 Å². The van der Waals surface area contributed by atoms with Crippen molar-refractivity contribution in [2.75, 3.05) is 19.9 Å². The molecule has 0 aromatic rings. The topological polar surface area (TPSA) is 89.9 Å². The van der Waals surface area contributed by atoms with E-state index in [4.69, 9.17) is 9.47 Å². The van der Waals surface area contributed by atoms with Gasteiger partial charge in [-0.05, 0) is 26.7 Å². The molecule has 3 atom stereocenters. The molecule has 0 saturated heterocycles. The summed E-state index contributed by atoms with van der Waals surface area (Å²) in [5.41, 5.74) is -1.80. The maximum atomic E-state index is 13.2. The first-order valence-corrected chi connectivity index (χ1v) is 7.03. The number of hydrogen-bond acceptors (Lipinski definition) is 6. The van der Waals surface area contributed by atoms with E-state index in [-0.39, 0.29) is 26.1 Å². The van der Waals surface area contributed by atoms with Crippen LogP contribution in [0.1, 0.15) is 33.1 Å². The number of aliphatic hydroxyl groups is 1. The fraction of sp³-hybridized carbons (Fsp3) is 0.786. The summed E-state index contributed by atoms with van der Waals surface area (Å²) in [6.07, 6.45) is -0.462. The van der Waals surface area contributed by atoms with Gasteiger partial charge < -0.3 is 14.6 Å². The van der Waals surface area contributed by atoms with E-state index in [2.05, 4.69) is 0 Å². The number of Topliss-reactive ketones (excluding diaryl/α,β-unsaturated/α-hetero) is 1. The highest BCUT2D eigenvalue weighted by Gasteiger charge is 2.51. The van der Waals surface area contributed by atoms with Crippen molar-refractivity contribution < 1.29 is 33.4 Å². The van der Waals surface area contributed by atoms with Crippen LogP contribution in [0.3, 0.4) is 0 Å². The van der Waals surface area contributed by atoms with Crippen molar-refractivity contribution in [1.82, 2.24) is 0 Å². The minimum absolute atomic E-state index is 0.0318. The third-order valence-electron chi connectivity index (χ3n) is 3.68. The van der Waals surface area contributed by atoms with Crippen molar-refractivity contribution in [3.8, 4) is 0 Å². The zero-order chi connectivity index (χ0) is 16.0. The number of carbonyl (C=O) groups is 3. The number of hydrogen-bond donors (Lipinski definition) is 1. The van der Waals surface area contributed by atoms with Crippen LogP contribution in [0.5, 0.6) is 0 Å². The molecule has 1 aliphatic carbocycles. The Bertz CT molecular complexity index is 410. The Morgan fingerprint density at radius 3 is 2.48 bits per heavy atom. The first kappa shape index (κ1) is 17.6. The normalized spacial score (nSPS) is 29.0. The maximum absolute atomic E-state index is 13.2. The van der Waals surface area contributed by atoms with Crippen molar-refractivity contribution in [3.63, 3.8) is 0 Å². The Balaban J connectivity index is 2.85. The Hall–Kier alpha value is -1.50. The minimum Gasteiger partial charge on any atom is -0.466 e. The van der Waals surface area contributed by atoms with E-state index in [1.165, 1.54) is 0 Å². The molecule has 0 heterocycles. The maximum Gasteiger partial charge on any atom is 0.316 e. The van der Waals surface area contributed by atoms with E-state index < -0.39 is 48.3 Å². The summed E-state index contributed by atoms with van der Waals surface area (Å²) >= 11 is 0. The van der Waals surface area contributed by atoms with Gasteiger partial charge >= 0.3 is 11.9 Å². The predicted molar refractivity (Wildman–Crippen MR) is 70.0 cm³/mol. The van der Waals surface area contributed by atoms with E-state index in [9.17, 15) is 23.9 Å². The van der Waals surface area contributed by atoms with Crippen LogP contribution in [0.25, 0.3) is 0 Å². The molecule has 0 amide bonds. The lowest BCUT2D eigenvalue weighted by Crippen LogP contribution is -2.53. The van der Waals surface area contributed by atoms with Gasteiger partial charge in [0.25, 0.3) is 0 Å². The fourth-order valence-electron chi connectivity index (χ4n) is 2.59. The molecule has 1 saturated carbocycles. The molecule has 21 heavy (non-hydrogen) atoms. The van der Waals surface area contributed by atoms with Crippen molar-refractivity contribution >= 4 is 17.7 Å². The van der Waals surface area contributed by atoms with Gasteiger partial charge in [-0.25, -0.2) is 0 Å². The van der Waals surface area contributed by atoms with Gasteiger partial charge in [0.2, 0.25) is 0 Å². The molecule has 120 valence electrons. The number of halogens is 1. The second-order valence-electron chi connectivity index (χ2n) is 5.04. The zero-order valence-corrected chi connectivity index (χ0v) is 12.3. The van der Waals surface area contributed by atoms with Crippen molar-refractivity contribution in [3.05, 3.63) is 0 Å². The third-order valence-corrected chi connectivity index (χ3v) is 3.68. The Labute approximate surface area is 122 Å². The molecule has 1 fully saturated rings. The molecule has 0 radical (unpaired) electrons. The Kier molecular flexibility index (Phi) is 6.26. The Morgan fingerprint density at radius 1 is 1.33 bits per heavy atom. The highest BCUT2D eigenvalue weighted by Crippen LogP contribution is 2.38. The predicted octanol–water partition coefficient (Wildman–Crippen LogP) is 0.799. The van der Waals surface area contributed by atoms with E-state index >= 15 is 0 Å². The molecule has 0 aromatic heterocycles. The Morgan fingerprint density at radius 2 is 1.95 bits per heavy atom. The van der Waals surface area contributed by atoms with Crippen molar-refractivity contribution in [2.24, 2.45) is 11.8 Å². The van der Waals surface area contributed by atoms with Gasteiger partial charge in [0, 0.05) is 0 Å².